The lowest BCUT2D eigenvalue weighted by Crippen LogP contribution is -2.51. The highest BCUT2D eigenvalue weighted by Crippen LogP contribution is 2.44. The van der Waals surface area contributed by atoms with E-state index in [-0.39, 0.29) is 24.4 Å². The van der Waals surface area contributed by atoms with Crippen molar-refractivity contribution in [2.24, 2.45) is 0 Å². The largest absolute Gasteiger partial charge is 0.309 e. The zero-order valence-electron chi connectivity index (χ0n) is 18.6. The summed E-state index contributed by atoms with van der Waals surface area (Å²) in [5, 5.41) is 0. The van der Waals surface area contributed by atoms with E-state index in [9.17, 15) is 4.79 Å². The van der Waals surface area contributed by atoms with E-state index in [1.807, 2.05) is 25.1 Å². The van der Waals surface area contributed by atoms with Crippen LogP contribution in [0.4, 0.5) is 5.69 Å². The number of carbonyl (C=O) groups excluding carboxylic acids is 1. The van der Waals surface area contributed by atoms with Gasteiger partial charge < -0.3 is 4.90 Å². The zero-order chi connectivity index (χ0) is 21.2. The van der Waals surface area contributed by atoms with Crippen LogP contribution in [0.25, 0.3) is 0 Å². The maximum atomic E-state index is 13.0. The molecular weight excluding hydrogens is 416 g/mol. The third-order valence-corrected chi connectivity index (χ3v) is 7.01. The highest BCUT2D eigenvalue weighted by Gasteiger charge is 2.40. The van der Waals surface area contributed by atoms with E-state index >= 15 is 0 Å². The quantitative estimate of drug-likeness (QED) is 0.476. The maximum Gasteiger partial charge on any atom is 0.226 e. The Labute approximate surface area is 197 Å². The van der Waals surface area contributed by atoms with E-state index in [0.717, 1.165) is 31.6 Å². The molecule has 166 valence electrons. The number of hydrogen-bond acceptors (Lipinski definition) is 2. The molecular formula is C28H31ClN2O. The van der Waals surface area contributed by atoms with Crippen molar-refractivity contribution in [1.29, 1.82) is 0 Å². The molecule has 0 spiro atoms. The summed E-state index contributed by atoms with van der Waals surface area (Å²) in [7, 11) is 0. The van der Waals surface area contributed by atoms with Crippen LogP contribution >= 0.6 is 12.4 Å². The summed E-state index contributed by atoms with van der Waals surface area (Å²) < 4.78 is 0. The van der Waals surface area contributed by atoms with Crippen LogP contribution in [-0.2, 0) is 4.79 Å². The summed E-state index contributed by atoms with van der Waals surface area (Å²) in [6, 6.07) is 30.6. The van der Waals surface area contributed by atoms with Crippen molar-refractivity contribution in [3.63, 3.8) is 0 Å². The van der Waals surface area contributed by atoms with Crippen molar-refractivity contribution in [2.45, 2.75) is 44.2 Å². The molecule has 0 radical (unpaired) electrons. The molecule has 32 heavy (non-hydrogen) atoms. The minimum Gasteiger partial charge on any atom is -0.309 e. The molecule has 3 nitrogen and oxygen atoms in total. The standard InChI is InChI=1S/C28H30N2O.ClH/c1-2-28(31)30(22-13-7-4-8-14-22)23-17-18-29-20-26(21-11-5-3-6-12-21)24-15-9-10-16-25(24)27(29)19-23;/h3-16,23,26-27H,2,17-20H2,1H3;1H/t23-,26-,27+;/m1./s1. The average Bonchev–Trinajstić information content (AvgIpc) is 2.85. The molecule has 3 aromatic rings. The normalized spacial score (nSPS) is 22.2. The molecule has 0 saturated carbocycles. The zero-order valence-corrected chi connectivity index (χ0v) is 19.4. The van der Waals surface area contributed by atoms with Gasteiger partial charge in [-0.3, -0.25) is 9.69 Å². The second kappa shape index (κ2) is 9.89. The Morgan fingerprint density at radius 3 is 2.22 bits per heavy atom. The van der Waals surface area contributed by atoms with Gasteiger partial charge in [-0.1, -0.05) is 79.7 Å². The molecule has 0 N–H and O–H groups in total. The van der Waals surface area contributed by atoms with E-state index in [2.05, 4.69) is 76.5 Å². The molecule has 3 atom stereocenters. The number of para-hydroxylation sites is 1. The van der Waals surface area contributed by atoms with Crippen LogP contribution in [0.2, 0.25) is 0 Å². The van der Waals surface area contributed by atoms with Crippen LogP contribution in [0.15, 0.2) is 84.9 Å². The SMILES string of the molecule is CCC(=O)N(c1ccccc1)[C@@H]1CCN2C[C@H](c3ccccc3)c3ccccc3[C@@H]2C1.Cl. The van der Waals surface area contributed by atoms with Crippen LogP contribution in [-0.4, -0.2) is 29.9 Å². The Morgan fingerprint density at radius 1 is 0.906 bits per heavy atom. The summed E-state index contributed by atoms with van der Waals surface area (Å²) in [5.41, 5.74) is 5.30. The van der Waals surface area contributed by atoms with Crippen molar-refractivity contribution in [3.05, 3.63) is 102 Å². The molecule has 0 bridgehead atoms. The highest BCUT2D eigenvalue weighted by atomic mass is 35.5. The van der Waals surface area contributed by atoms with E-state index in [4.69, 9.17) is 0 Å². The highest BCUT2D eigenvalue weighted by molar-refractivity contribution is 5.93. The van der Waals surface area contributed by atoms with Crippen LogP contribution in [0.3, 0.4) is 0 Å². The van der Waals surface area contributed by atoms with Gasteiger partial charge in [0.1, 0.15) is 0 Å². The number of piperidine rings is 1. The summed E-state index contributed by atoms with van der Waals surface area (Å²) in [6.07, 6.45) is 2.53. The molecule has 5 rings (SSSR count). The van der Waals surface area contributed by atoms with Crippen molar-refractivity contribution in [1.82, 2.24) is 4.90 Å². The minimum absolute atomic E-state index is 0. The first-order valence-electron chi connectivity index (χ1n) is 11.5. The Morgan fingerprint density at radius 2 is 1.53 bits per heavy atom. The summed E-state index contributed by atoms with van der Waals surface area (Å²) in [5.74, 6) is 0.628. The van der Waals surface area contributed by atoms with Gasteiger partial charge in [0.15, 0.2) is 0 Å². The maximum absolute atomic E-state index is 13.0. The molecule has 1 fully saturated rings. The lowest BCUT2D eigenvalue weighted by Gasteiger charge is -2.48. The fourth-order valence-electron chi connectivity index (χ4n) is 5.52. The second-order valence-electron chi connectivity index (χ2n) is 8.73. The van der Waals surface area contributed by atoms with Gasteiger partial charge in [-0.05, 0) is 41.7 Å². The minimum atomic E-state index is 0. The topological polar surface area (TPSA) is 23.6 Å². The predicted molar refractivity (Wildman–Crippen MR) is 134 cm³/mol. The van der Waals surface area contributed by atoms with Crippen LogP contribution in [0.1, 0.15) is 54.8 Å². The molecule has 2 heterocycles. The van der Waals surface area contributed by atoms with Crippen molar-refractivity contribution < 1.29 is 4.79 Å². The number of anilines is 1. The van der Waals surface area contributed by atoms with E-state index < -0.39 is 0 Å². The lowest BCUT2D eigenvalue weighted by atomic mass is 9.77. The Bertz CT molecular complexity index is 1040. The third-order valence-electron chi connectivity index (χ3n) is 7.01. The van der Waals surface area contributed by atoms with Crippen molar-refractivity contribution in [2.75, 3.05) is 18.0 Å². The molecule has 2 aliphatic heterocycles. The van der Waals surface area contributed by atoms with Gasteiger partial charge in [-0.25, -0.2) is 0 Å². The Kier molecular flexibility index (Phi) is 6.98. The summed E-state index contributed by atoms with van der Waals surface area (Å²) >= 11 is 0. The number of rotatable bonds is 4. The van der Waals surface area contributed by atoms with E-state index in [1.165, 1.54) is 16.7 Å². The lowest BCUT2D eigenvalue weighted by molar-refractivity contribution is -0.119. The molecule has 0 unspecified atom stereocenters. The first kappa shape index (κ1) is 22.6. The van der Waals surface area contributed by atoms with Gasteiger partial charge in [0, 0.05) is 43.2 Å². The molecule has 1 saturated heterocycles. The first-order chi connectivity index (χ1) is 15.3. The number of nitrogens with zero attached hydrogens (tertiary/aromatic N) is 2. The van der Waals surface area contributed by atoms with Crippen molar-refractivity contribution in [3.8, 4) is 0 Å². The van der Waals surface area contributed by atoms with Crippen LogP contribution in [0, 0.1) is 0 Å². The van der Waals surface area contributed by atoms with Gasteiger partial charge in [0.25, 0.3) is 0 Å². The second-order valence-corrected chi connectivity index (χ2v) is 8.73. The molecule has 0 aliphatic carbocycles. The fourth-order valence-corrected chi connectivity index (χ4v) is 5.52. The first-order valence-corrected chi connectivity index (χ1v) is 11.5. The van der Waals surface area contributed by atoms with Gasteiger partial charge in [-0.2, -0.15) is 0 Å². The molecule has 4 heteroatoms. The van der Waals surface area contributed by atoms with E-state index in [0.29, 0.717) is 18.4 Å². The number of fused-ring (bicyclic) bond motifs is 3. The fraction of sp³-hybridized carbons (Fsp3) is 0.321. The molecule has 0 aromatic heterocycles. The van der Waals surface area contributed by atoms with E-state index in [1.54, 1.807) is 0 Å². The van der Waals surface area contributed by atoms with Crippen LogP contribution < -0.4 is 4.90 Å². The number of benzene rings is 3. The van der Waals surface area contributed by atoms with Gasteiger partial charge in [0.2, 0.25) is 5.91 Å². The Balaban J connectivity index is 0.00000245. The average molecular weight is 447 g/mol. The third kappa shape index (κ3) is 4.20. The summed E-state index contributed by atoms with van der Waals surface area (Å²) in [4.78, 5) is 17.7. The Hall–Kier alpha value is -2.62. The smallest absolute Gasteiger partial charge is 0.226 e. The van der Waals surface area contributed by atoms with Crippen LogP contribution in [0.5, 0.6) is 0 Å². The number of hydrogen-bond donors (Lipinski definition) is 0. The predicted octanol–water partition coefficient (Wildman–Crippen LogP) is 6.20. The monoisotopic (exact) mass is 446 g/mol. The molecule has 1 amide bonds. The number of halogens is 1. The molecule has 2 aliphatic rings. The van der Waals surface area contributed by atoms with Gasteiger partial charge in [-0.15, -0.1) is 12.4 Å². The van der Waals surface area contributed by atoms with Gasteiger partial charge >= 0.3 is 0 Å². The van der Waals surface area contributed by atoms with Crippen molar-refractivity contribution >= 4 is 24.0 Å². The van der Waals surface area contributed by atoms with Gasteiger partial charge in [0.05, 0.1) is 0 Å². The molecule has 3 aromatic carbocycles. The number of carbonyl (C=O) groups is 1. The number of amides is 1. The summed E-state index contributed by atoms with van der Waals surface area (Å²) in [6.45, 7) is 4.03.